The second-order valence-electron chi connectivity index (χ2n) is 6.12. The van der Waals surface area contributed by atoms with Crippen LogP contribution in [0.5, 0.6) is 0 Å². The van der Waals surface area contributed by atoms with E-state index < -0.39 is 35.1 Å². The molecule has 0 aliphatic carbocycles. The minimum atomic E-state index is -1.11. The van der Waals surface area contributed by atoms with Gasteiger partial charge in [0.25, 0.3) is 11.5 Å². The number of nitrogens with one attached hydrogen (secondary N) is 3. The quantitative estimate of drug-likeness (QED) is 0.452. The number of ketones is 2. The van der Waals surface area contributed by atoms with E-state index in [-0.39, 0.29) is 30.9 Å². The Balaban J connectivity index is 2.89. The topological polar surface area (TPSA) is 143 Å². The highest BCUT2D eigenvalue weighted by Crippen LogP contribution is 2.05. The molecule has 0 saturated carbocycles. The molecule has 28 heavy (non-hydrogen) atoms. The summed E-state index contributed by atoms with van der Waals surface area (Å²) < 4.78 is 1.14. The van der Waals surface area contributed by atoms with Gasteiger partial charge < -0.3 is 20.5 Å². The average Bonchev–Trinajstić information content (AvgIpc) is 2.61. The van der Waals surface area contributed by atoms with Gasteiger partial charge in [-0.3, -0.25) is 28.8 Å². The molecule has 0 aliphatic rings. The number of amides is 3. The molecule has 1 heterocycles. The number of nitrogens with zero attached hydrogens (tertiary/aromatic N) is 1. The van der Waals surface area contributed by atoms with E-state index in [1.54, 1.807) is 6.92 Å². The molecule has 1 atom stereocenters. The molecule has 10 heteroatoms. The lowest BCUT2D eigenvalue weighted by molar-refractivity contribution is -0.138. The molecule has 1 rings (SSSR count). The zero-order valence-corrected chi connectivity index (χ0v) is 16.0. The van der Waals surface area contributed by atoms with Crippen LogP contribution in [0.1, 0.15) is 33.6 Å². The summed E-state index contributed by atoms with van der Waals surface area (Å²) in [5.74, 6) is -2.93. The van der Waals surface area contributed by atoms with E-state index in [1.165, 1.54) is 32.2 Å². The minimum absolute atomic E-state index is 0.0702. The second kappa shape index (κ2) is 10.8. The monoisotopic (exact) mass is 392 g/mol. The first-order valence-corrected chi connectivity index (χ1v) is 8.73. The van der Waals surface area contributed by atoms with E-state index in [0.29, 0.717) is 6.54 Å². The summed E-state index contributed by atoms with van der Waals surface area (Å²) in [7, 11) is 0. The smallest absolute Gasteiger partial charge is 0.287 e. The number of hydrogen-bond acceptors (Lipinski definition) is 6. The number of anilines is 1. The van der Waals surface area contributed by atoms with Crippen molar-refractivity contribution in [2.45, 2.75) is 46.2 Å². The number of pyridine rings is 1. The van der Waals surface area contributed by atoms with Gasteiger partial charge in [0, 0.05) is 26.1 Å². The largest absolute Gasteiger partial charge is 0.350 e. The Hall–Kier alpha value is -3.30. The first-order chi connectivity index (χ1) is 13.1. The fourth-order valence-electron chi connectivity index (χ4n) is 2.38. The van der Waals surface area contributed by atoms with Crippen molar-refractivity contribution < 1.29 is 24.0 Å². The van der Waals surface area contributed by atoms with Crippen LogP contribution in [0.4, 0.5) is 5.69 Å². The molecule has 3 N–H and O–H groups in total. The fraction of sp³-hybridized carbons (Fsp3) is 0.444. The van der Waals surface area contributed by atoms with Crippen molar-refractivity contribution in [2.24, 2.45) is 0 Å². The molecule has 1 aromatic rings. The molecular weight excluding hydrogens is 368 g/mol. The molecule has 1 aromatic heterocycles. The number of Topliss-reactive ketones (excluding diaryl/α,β-unsaturated/α-hetero) is 2. The van der Waals surface area contributed by atoms with E-state index in [0.717, 1.165) is 4.57 Å². The van der Waals surface area contributed by atoms with Gasteiger partial charge in [-0.25, -0.2) is 0 Å². The molecule has 0 saturated heterocycles. The fourth-order valence-corrected chi connectivity index (χ4v) is 2.38. The molecule has 0 fully saturated rings. The van der Waals surface area contributed by atoms with Crippen molar-refractivity contribution in [3.05, 3.63) is 28.7 Å². The summed E-state index contributed by atoms with van der Waals surface area (Å²) in [4.78, 5) is 70.7. The Labute approximate surface area is 161 Å². The van der Waals surface area contributed by atoms with Crippen molar-refractivity contribution in [1.29, 1.82) is 0 Å². The summed E-state index contributed by atoms with van der Waals surface area (Å²) in [6, 6.07) is 1.74. The maximum Gasteiger partial charge on any atom is 0.287 e. The van der Waals surface area contributed by atoms with Crippen LogP contribution in [0.15, 0.2) is 23.1 Å². The maximum atomic E-state index is 12.5. The van der Waals surface area contributed by atoms with Crippen LogP contribution in [-0.2, 0) is 30.5 Å². The number of rotatable bonds is 10. The normalized spacial score (nSPS) is 11.2. The van der Waals surface area contributed by atoms with Gasteiger partial charge in [-0.2, -0.15) is 0 Å². The summed E-state index contributed by atoms with van der Waals surface area (Å²) in [5.41, 5.74) is -0.648. The van der Waals surface area contributed by atoms with E-state index in [9.17, 15) is 28.8 Å². The predicted molar refractivity (Wildman–Crippen MR) is 101 cm³/mol. The Kier molecular flexibility index (Phi) is 8.73. The SMILES string of the molecule is CCNC(=O)C(=O)CCC(NC(C)=O)C(=O)Nc1cccn(CC(C)=O)c1=O. The summed E-state index contributed by atoms with van der Waals surface area (Å²) in [6.07, 6.45) is 1.04. The summed E-state index contributed by atoms with van der Waals surface area (Å²) in [6.45, 7) is 4.35. The third kappa shape index (κ3) is 7.14. The molecule has 3 amide bonds. The first-order valence-electron chi connectivity index (χ1n) is 8.73. The van der Waals surface area contributed by atoms with Crippen molar-refractivity contribution >= 4 is 35.0 Å². The molecule has 10 nitrogen and oxygen atoms in total. The van der Waals surface area contributed by atoms with E-state index in [4.69, 9.17) is 0 Å². The van der Waals surface area contributed by atoms with E-state index in [2.05, 4.69) is 16.0 Å². The number of hydrogen-bond donors (Lipinski definition) is 3. The van der Waals surface area contributed by atoms with Crippen LogP contribution < -0.4 is 21.5 Å². The third-order valence-electron chi connectivity index (χ3n) is 3.62. The Morgan fingerprint density at radius 3 is 2.39 bits per heavy atom. The number of aromatic nitrogens is 1. The Morgan fingerprint density at radius 2 is 1.82 bits per heavy atom. The maximum absolute atomic E-state index is 12.5. The molecule has 0 radical (unpaired) electrons. The molecular formula is C18H24N4O6. The summed E-state index contributed by atoms with van der Waals surface area (Å²) in [5, 5.41) is 7.15. The van der Waals surface area contributed by atoms with Crippen LogP contribution in [0.2, 0.25) is 0 Å². The van der Waals surface area contributed by atoms with Gasteiger partial charge in [-0.05, 0) is 32.4 Å². The van der Waals surface area contributed by atoms with Gasteiger partial charge in [0.2, 0.25) is 17.6 Å². The van der Waals surface area contributed by atoms with Crippen molar-refractivity contribution in [2.75, 3.05) is 11.9 Å². The van der Waals surface area contributed by atoms with Crippen LogP contribution in [0.3, 0.4) is 0 Å². The number of carbonyl (C=O) groups excluding carboxylic acids is 5. The molecule has 0 spiro atoms. The molecule has 0 bridgehead atoms. The highest BCUT2D eigenvalue weighted by atomic mass is 16.2. The lowest BCUT2D eigenvalue weighted by atomic mass is 10.1. The van der Waals surface area contributed by atoms with Gasteiger partial charge in [0.05, 0.1) is 6.54 Å². The minimum Gasteiger partial charge on any atom is -0.350 e. The zero-order valence-electron chi connectivity index (χ0n) is 16.0. The molecule has 0 aliphatic heterocycles. The van der Waals surface area contributed by atoms with Crippen LogP contribution >= 0.6 is 0 Å². The van der Waals surface area contributed by atoms with Crippen molar-refractivity contribution in [1.82, 2.24) is 15.2 Å². The van der Waals surface area contributed by atoms with Gasteiger partial charge in [0.1, 0.15) is 17.5 Å². The lowest BCUT2D eigenvalue weighted by Crippen LogP contribution is -2.44. The highest BCUT2D eigenvalue weighted by Gasteiger charge is 2.23. The van der Waals surface area contributed by atoms with Gasteiger partial charge >= 0.3 is 0 Å². The summed E-state index contributed by atoms with van der Waals surface area (Å²) >= 11 is 0. The van der Waals surface area contributed by atoms with Gasteiger partial charge in [-0.15, -0.1) is 0 Å². The number of likely N-dealkylation sites (N-methyl/N-ethyl adjacent to an activating group) is 1. The van der Waals surface area contributed by atoms with Crippen molar-refractivity contribution in [3.8, 4) is 0 Å². The van der Waals surface area contributed by atoms with Crippen LogP contribution in [0, 0.1) is 0 Å². The van der Waals surface area contributed by atoms with Crippen molar-refractivity contribution in [3.63, 3.8) is 0 Å². The molecule has 152 valence electrons. The van der Waals surface area contributed by atoms with Gasteiger partial charge in [-0.1, -0.05) is 0 Å². The third-order valence-corrected chi connectivity index (χ3v) is 3.62. The standard InChI is InChI=1S/C18H24N4O6/c1-4-19-17(27)15(25)8-7-13(20-12(3)24)16(26)21-14-6-5-9-22(18(14)28)10-11(2)23/h5-6,9,13H,4,7-8,10H2,1-3H3,(H,19,27)(H,20,24)(H,21,26). The van der Waals surface area contributed by atoms with E-state index in [1.807, 2.05) is 0 Å². The van der Waals surface area contributed by atoms with Crippen LogP contribution in [-0.4, -0.2) is 46.4 Å². The van der Waals surface area contributed by atoms with Gasteiger partial charge in [0.15, 0.2) is 0 Å². The average molecular weight is 392 g/mol. The first kappa shape index (κ1) is 22.7. The lowest BCUT2D eigenvalue weighted by Gasteiger charge is -2.17. The molecule has 1 unspecified atom stereocenters. The van der Waals surface area contributed by atoms with Crippen LogP contribution in [0.25, 0.3) is 0 Å². The highest BCUT2D eigenvalue weighted by molar-refractivity contribution is 6.36. The Morgan fingerprint density at radius 1 is 1.14 bits per heavy atom. The Bertz CT molecular complexity index is 830. The second-order valence-corrected chi connectivity index (χ2v) is 6.12. The van der Waals surface area contributed by atoms with E-state index >= 15 is 0 Å². The molecule has 0 aromatic carbocycles. The predicted octanol–water partition coefficient (Wildman–Crippen LogP) is -0.634. The number of carbonyl (C=O) groups is 5. The zero-order chi connectivity index (χ0) is 21.3.